The Labute approximate surface area is 126 Å². The second-order valence-corrected chi connectivity index (χ2v) is 7.13. The van der Waals surface area contributed by atoms with Gasteiger partial charge in [0.15, 0.2) is 0 Å². The molecule has 0 aliphatic heterocycles. The van der Waals surface area contributed by atoms with Gasteiger partial charge in [-0.05, 0) is 42.4 Å². The lowest BCUT2D eigenvalue weighted by Crippen LogP contribution is -2.56. The van der Waals surface area contributed by atoms with Crippen LogP contribution in [0.2, 0.25) is 0 Å². The number of nitrogens with two attached hydrogens (primary N) is 2. The highest BCUT2D eigenvalue weighted by Gasteiger charge is 2.38. The first-order valence-corrected chi connectivity index (χ1v) is 7.57. The molecule has 0 aromatic heterocycles. The van der Waals surface area contributed by atoms with Crippen molar-refractivity contribution >= 4 is 5.91 Å². The molecule has 0 radical (unpaired) electrons. The molecule has 1 aromatic carbocycles. The molecule has 1 amide bonds. The second kappa shape index (κ2) is 5.68. The minimum Gasteiger partial charge on any atom is -0.490 e. The molecule has 1 aliphatic rings. The molecular formula is C17H26N2O2. The van der Waals surface area contributed by atoms with Gasteiger partial charge in [-0.1, -0.05) is 32.9 Å². The van der Waals surface area contributed by atoms with Gasteiger partial charge in [-0.15, -0.1) is 0 Å². The van der Waals surface area contributed by atoms with E-state index < -0.39 is 11.4 Å². The fourth-order valence-electron chi connectivity index (χ4n) is 2.81. The van der Waals surface area contributed by atoms with Crippen LogP contribution in [-0.4, -0.2) is 17.6 Å². The van der Waals surface area contributed by atoms with Crippen LogP contribution in [0.15, 0.2) is 24.3 Å². The van der Waals surface area contributed by atoms with E-state index in [-0.39, 0.29) is 11.5 Å². The van der Waals surface area contributed by atoms with Crippen molar-refractivity contribution in [2.75, 3.05) is 0 Å². The van der Waals surface area contributed by atoms with Crippen molar-refractivity contribution in [2.24, 2.45) is 11.5 Å². The lowest BCUT2D eigenvalue weighted by atomic mass is 9.80. The summed E-state index contributed by atoms with van der Waals surface area (Å²) in [6, 6.07) is 8.14. The summed E-state index contributed by atoms with van der Waals surface area (Å²) in [7, 11) is 0. The van der Waals surface area contributed by atoms with E-state index in [1.54, 1.807) is 0 Å². The SMILES string of the molecule is CC(C)(C)c1ccc(OC2CCCC(N)(C(N)=O)C2)cc1. The predicted molar refractivity (Wildman–Crippen MR) is 84.1 cm³/mol. The molecule has 1 saturated carbocycles. The van der Waals surface area contributed by atoms with Crippen LogP contribution in [0.3, 0.4) is 0 Å². The second-order valence-electron chi connectivity index (χ2n) is 7.13. The molecule has 4 heteroatoms. The molecule has 0 heterocycles. The van der Waals surface area contributed by atoms with Crippen molar-refractivity contribution in [3.05, 3.63) is 29.8 Å². The van der Waals surface area contributed by atoms with Crippen molar-refractivity contribution in [3.63, 3.8) is 0 Å². The number of amides is 1. The first-order chi connectivity index (χ1) is 9.71. The summed E-state index contributed by atoms with van der Waals surface area (Å²) in [5.41, 5.74) is 11.9. The molecule has 0 spiro atoms. The molecule has 1 aromatic rings. The maximum Gasteiger partial charge on any atom is 0.237 e. The Morgan fingerprint density at radius 2 is 1.90 bits per heavy atom. The molecule has 2 rings (SSSR count). The van der Waals surface area contributed by atoms with Crippen LogP contribution in [0.25, 0.3) is 0 Å². The maximum absolute atomic E-state index is 11.5. The number of ether oxygens (including phenoxy) is 1. The number of hydrogen-bond acceptors (Lipinski definition) is 3. The zero-order valence-electron chi connectivity index (χ0n) is 13.2. The Morgan fingerprint density at radius 3 is 2.43 bits per heavy atom. The third kappa shape index (κ3) is 3.76. The Morgan fingerprint density at radius 1 is 1.29 bits per heavy atom. The van der Waals surface area contributed by atoms with E-state index in [0.29, 0.717) is 12.8 Å². The Bertz CT molecular complexity index is 505. The van der Waals surface area contributed by atoms with Crippen molar-refractivity contribution < 1.29 is 9.53 Å². The fourth-order valence-corrected chi connectivity index (χ4v) is 2.81. The molecule has 0 saturated heterocycles. The standard InChI is InChI=1S/C17H26N2O2/c1-16(2,3)12-6-8-13(9-7-12)21-14-5-4-10-17(19,11-14)15(18)20/h6-9,14H,4-5,10-11,19H2,1-3H3,(H2,18,20). The quantitative estimate of drug-likeness (QED) is 0.897. The van der Waals surface area contributed by atoms with Crippen LogP contribution < -0.4 is 16.2 Å². The summed E-state index contributed by atoms with van der Waals surface area (Å²) >= 11 is 0. The van der Waals surface area contributed by atoms with E-state index in [1.165, 1.54) is 5.56 Å². The average Bonchev–Trinajstić information content (AvgIpc) is 2.38. The van der Waals surface area contributed by atoms with Gasteiger partial charge >= 0.3 is 0 Å². The van der Waals surface area contributed by atoms with E-state index in [1.807, 2.05) is 12.1 Å². The third-order valence-corrected chi connectivity index (χ3v) is 4.25. The summed E-state index contributed by atoms with van der Waals surface area (Å²) in [6.45, 7) is 6.54. The van der Waals surface area contributed by atoms with Crippen LogP contribution in [-0.2, 0) is 10.2 Å². The summed E-state index contributed by atoms with van der Waals surface area (Å²) < 4.78 is 5.98. The van der Waals surface area contributed by atoms with Gasteiger partial charge in [0, 0.05) is 6.42 Å². The van der Waals surface area contributed by atoms with Crippen LogP contribution in [0.5, 0.6) is 5.75 Å². The number of carbonyl (C=O) groups excluding carboxylic acids is 1. The number of rotatable bonds is 3. The molecule has 0 bridgehead atoms. The minimum absolute atomic E-state index is 0.0447. The Hall–Kier alpha value is -1.55. The summed E-state index contributed by atoms with van der Waals surface area (Å²) in [5.74, 6) is 0.389. The molecule has 4 N–H and O–H groups in total. The first-order valence-electron chi connectivity index (χ1n) is 7.57. The van der Waals surface area contributed by atoms with Crippen molar-refractivity contribution in [2.45, 2.75) is 63.5 Å². The third-order valence-electron chi connectivity index (χ3n) is 4.25. The van der Waals surface area contributed by atoms with Crippen LogP contribution in [0, 0.1) is 0 Å². The zero-order valence-corrected chi connectivity index (χ0v) is 13.2. The molecule has 116 valence electrons. The maximum atomic E-state index is 11.5. The van der Waals surface area contributed by atoms with Gasteiger partial charge < -0.3 is 16.2 Å². The smallest absolute Gasteiger partial charge is 0.237 e. The predicted octanol–water partition coefficient (Wildman–Crippen LogP) is 2.49. The van der Waals surface area contributed by atoms with Crippen molar-refractivity contribution in [1.29, 1.82) is 0 Å². The van der Waals surface area contributed by atoms with Gasteiger partial charge in [0.25, 0.3) is 0 Å². The van der Waals surface area contributed by atoms with Gasteiger partial charge in [-0.3, -0.25) is 4.79 Å². The minimum atomic E-state index is -0.922. The molecule has 21 heavy (non-hydrogen) atoms. The van der Waals surface area contributed by atoms with Crippen LogP contribution >= 0.6 is 0 Å². The molecule has 1 fully saturated rings. The van der Waals surface area contributed by atoms with Crippen LogP contribution in [0.4, 0.5) is 0 Å². The summed E-state index contributed by atoms with van der Waals surface area (Å²) in [4.78, 5) is 11.5. The van der Waals surface area contributed by atoms with E-state index >= 15 is 0 Å². The van der Waals surface area contributed by atoms with E-state index in [4.69, 9.17) is 16.2 Å². The van der Waals surface area contributed by atoms with Gasteiger partial charge in [0.05, 0.1) is 5.54 Å². The van der Waals surface area contributed by atoms with Crippen molar-refractivity contribution in [1.82, 2.24) is 0 Å². The Kier molecular flexibility index (Phi) is 4.28. The van der Waals surface area contributed by atoms with Gasteiger partial charge in [-0.25, -0.2) is 0 Å². The summed E-state index contributed by atoms with van der Waals surface area (Å²) in [5, 5.41) is 0. The molecule has 2 unspecified atom stereocenters. The summed E-state index contributed by atoms with van der Waals surface area (Å²) in [6.07, 6.45) is 2.86. The highest BCUT2D eigenvalue weighted by atomic mass is 16.5. The normalized spacial score (nSPS) is 26.4. The van der Waals surface area contributed by atoms with Crippen molar-refractivity contribution in [3.8, 4) is 5.75 Å². The number of carbonyl (C=O) groups is 1. The molecule has 1 aliphatic carbocycles. The molecule has 4 nitrogen and oxygen atoms in total. The monoisotopic (exact) mass is 290 g/mol. The lowest BCUT2D eigenvalue weighted by Gasteiger charge is -2.35. The average molecular weight is 290 g/mol. The molecule has 2 atom stereocenters. The zero-order chi connectivity index (χ0) is 15.7. The van der Waals surface area contributed by atoms with Crippen LogP contribution in [0.1, 0.15) is 52.0 Å². The van der Waals surface area contributed by atoms with E-state index in [0.717, 1.165) is 18.6 Å². The number of primary amides is 1. The topological polar surface area (TPSA) is 78.3 Å². The fraction of sp³-hybridized carbons (Fsp3) is 0.588. The van der Waals surface area contributed by atoms with E-state index in [9.17, 15) is 4.79 Å². The van der Waals surface area contributed by atoms with Gasteiger partial charge in [0.2, 0.25) is 5.91 Å². The lowest BCUT2D eigenvalue weighted by molar-refractivity contribution is -0.125. The highest BCUT2D eigenvalue weighted by Crippen LogP contribution is 2.30. The van der Waals surface area contributed by atoms with Gasteiger partial charge in [-0.2, -0.15) is 0 Å². The number of benzene rings is 1. The van der Waals surface area contributed by atoms with Gasteiger partial charge in [0.1, 0.15) is 11.9 Å². The van der Waals surface area contributed by atoms with E-state index in [2.05, 4.69) is 32.9 Å². The highest BCUT2D eigenvalue weighted by molar-refractivity contribution is 5.84. The molecular weight excluding hydrogens is 264 g/mol. The largest absolute Gasteiger partial charge is 0.490 e. The Balaban J connectivity index is 2.03. The number of hydrogen-bond donors (Lipinski definition) is 2. The first kappa shape index (κ1) is 15.8.